The molecule has 1 N–H and O–H groups in total. The predicted molar refractivity (Wildman–Crippen MR) is 47.8 cm³/mol. The Kier molecular flexibility index (Phi) is 2.57. The van der Waals surface area contributed by atoms with E-state index in [1.165, 1.54) is 13.8 Å². The standard InChI is InChI=1S/C6H7N3O3S/c1-3-5(9(11)12)6(13-8-3)7-4(2)10/h1-2H3,(H,7,10). The first-order valence-corrected chi connectivity index (χ1v) is 4.18. The van der Waals surface area contributed by atoms with Crippen molar-refractivity contribution in [2.75, 3.05) is 5.32 Å². The molecule has 1 aromatic heterocycles. The maximum Gasteiger partial charge on any atom is 0.326 e. The highest BCUT2D eigenvalue weighted by Gasteiger charge is 2.22. The summed E-state index contributed by atoms with van der Waals surface area (Å²) in [6.45, 7) is 2.82. The summed E-state index contributed by atoms with van der Waals surface area (Å²) in [6, 6.07) is 0. The summed E-state index contributed by atoms with van der Waals surface area (Å²) in [5.74, 6) is -0.341. The molecule has 0 radical (unpaired) electrons. The van der Waals surface area contributed by atoms with Crippen molar-refractivity contribution in [2.45, 2.75) is 13.8 Å². The van der Waals surface area contributed by atoms with Gasteiger partial charge < -0.3 is 5.32 Å². The summed E-state index contributed by atoms with van der Waals surface area (Å²) in [6.07, 6.45) is 0. The van der Waals surface area contributed by atoms with E-state index in [0.717, 1.165) is 11.5 Å². The molecule has 0 aliphatic rings. The van der Waals surface area contributed by atoms with E-state index < -0.39 is 4.92 Å². The molecule has 0 spiro atoms. The highest BCUT2D eigenvalue weighted by Crippen LogP contribution is 2.31. The molecule has 1 aromatic rings. The largest absolute Gasteiger partial charge is 0.326 e. The van der Waals surface area contributed by atoms with Crippen molar-refractivity contribution < 1.29 is 9.72 Å². The van der Waals surface area contributed by atoms with E-state index in [4.69, 9.17) is 0 Å². The lowest BCUT2D eigenvalue weighted by molar-refractivity contribution is -0.384. The second kappa shape index (κ2) is 3.48. The number of hydrogen-bond acceptors (Lipinski definition) is 5. The summed E-state index contributed by atoms with van der Waals surface area (Å²) >= 11 is 0.909. The van der Waals surface area contributed by atoms with E-state index in [9.17, 15) is 14.9 Å². The molecule has 0 bridgehead atoms. The second-order valence-electron chi connectivity index (χ2n) is 2.38. The van der Waals surface area contributed by atoms with Gasteiger partial charge in [0.15, 0.2) is 5.00 Å². The molecule has 13 heavy (non-hydrogen) atoms. The molecule has 0 saturated carbocycles. The number of aromatic nitrogens is 1. The zero-order chi connectivity index (χ0) is 10.0. The normalized spacial score (nSPS) is 9.69. The lowest BCUT2D eigenvalue weighted by Crippen LogP contribution is -2.06. The number of nitro groups is 1. The monoisotopic (exact) mass is 201 g/mol. The first-order valence-electron chi connectivity index (χ1n) is 3.40. The van der Waals surface area contributed by atoms with E-state index in [1.54, 1.807) is 0 Å². The van der Waals surface area contributed by atoms with Crippen LogP contribution in [0.1, 0.15) is 12.6 Å². The van der Waals surface area contributed by atoms with Crippen molar-refractivity contribution in [3.63, 3.8) is 0 Å². The summed E-state index contributed by atoms with van der Waals surface area (Å²) in [7, 11) is 0. The summed E-state index contributed by atoms with van der Waals surface area (Å²) in [5.41, 5.74) is 0.193. The number of rotatable bonds is 2. The number of nitrogens with one attached hydrogen (secondary N) is 1. The number of anilines is 1. The van der Waals surface area contributed by atoms with Gasteiger partial charge in [-0.25, -0.2) is 0 Å². The minimum atomic E-state index is -0.551. The molecule has 1 heterocycles. The Morgan fingerprint density at radius 1 is 1.69 bits per heavy atom. The molecule has 0 atom stereocenters. The Morgan fingerprint density at radius 3 is 2.77 bits per heavy atom. The van der Waals surface area contributed by atoms with Crippen LogP contribution in [0.4, 0.5) is 10.7 Å². The van der Waals surface area contributed by atoms with Gasteiger partial charge in [0.05, 0.1) is 4.92 Å². The summed E-state index contributed by atoms with van der Waals surface area (Å²) < 4.78 is 3.78. The Labute approximate surface area is 77.9 Å². The fourth-order valence-electron chi connectivity index (χ4n) is 0.822. The molecule has 7 heteroatoms. The molecule has 0 saturated heterocycles. The summed E-state index contributed by atoms with van der Waals surface area (Å²) in [4.78, 5) is 20.6. The maximum atomic E-state index is 10.6. The first-order chi connectivity index (χ1) is 6.02. The molecule has 1 rings (SSSR count). The summed E-state index contributed by atoms with van der Waals surface area (Å²) in [5, 5.41) is 13.0. The van der Waals surface area contributed by atoms with Crippen LogP contribution in [0.5, 0.6) is 0 Å². The molecular formula is C6H7N3O3S. The van der Waals surface area contributed by atoms with E-state index in [1.807, 2.05) is 0 Å². The van der Waals surface area contributed by atoms with Gasteiger partial charge in [-0.3, -0.25) is 14.9 Å². The quantitative estimate of drug-likeness (QED) is 0.577. The van der Waals surface area contributed by atoms with Gasteiger partial charge in [-0.05, 0) is 18.5 Å². The lowest BCUT2D eigenvalue weighted by atomic mass is 10.4. The average Bonchev–Trinajstić information content (AvgIpc) is 2.30. The number of hydrogen-bond donors (Lipinski definition) is 1. The third-order valence-corrected chi connectivity index (χ3v) is 2.15. The molecule has 0 aliphatic heterocycles. The van der Waals surface area contributed by atoms with Crippen LogP contribution in [0, 0.1) is 17.0 Å². The molecule has 70 valence electrons. The van der Waals surface area contributed by atoms with E-state index in [2.05, 4.69) is 9.69 Å². The van der Waals surface area contributed by atoms with Crippen molar-refractivity contribution in [1.82, 2.24) is 4.37 Å². The molecule has 6 nitrogen and oxygen atoms in total. The average molecular weight is 201 g/mol. The van der Waals surface area contributed by atoms with Gasteiger partial charge in [0.2, 0.25) is 5.91 Å². The van der Waals surface area contributed by atoms with Crippen molar-refractivity contribution in [3.8, 4) is 0 Å². The van der Waals surface area contributed by atoms with Gasteiger partial charge in [0.25, 0.3) is 0 Å². The van der Waals surface area contributed by atoms with Gasteiger partial charge >= 0.3 is 5.69 Å². The van der Waals surface area contributed by atoms with Gasteiger partial charge in [-0.2, -0.15) is 4.37 Å². The third-order valence-electron chi connectivity index (χ3n) is 1.30. The van der Waals surface area contributed by atoms with Gasteiger partial charge in [-0.1, -0.05) is 0 Å². The van der Waals surface area contributed by atoms with Crippen LogP contribution in [0.15, 0.2) is 0 Å². The van der Waals surface area contributed by atoms with Crippen LogP contribution >= 0.6 is 11.5 Å². The number of carbonyl (C=O) groups is 1. The van der Waals surface area contributed by atoms with Crippen molar-refractivity contribution in [1.29, 1.82) is 0 Å². The molecule has 0 aliphatic carbocycles. The SMILES string of the molecule is CC(=O)Nc1snc(C)c1[N+](=O)[O-]. The topological polar surface area (TPSA) is 85.1 Å². The number of aryl methyl sites for hydroxylation is 1. The van der Waals surface area contributed by atoms with E-state index in [-0.39, 0.29) is 16.6 Å². The Hall–Kier alpha value is -1.50. The molecular weight excluding hydrogens is 194 g/mol. The van der Waals surface area contributed by atoms with Crippen molar-refractivity contribution in [2.24, 2.45) is 0 Å². The van der Waals surface area contributed by atoms with Crippen LogP contribution < -0.4 is 5.32 Å². The Bertz CT molecular complexity index is 360. The third kappa shape index (κ3) is 2.00. The lowest BCUT2D eigenvalue weighted by Gasteiger charge is -1.95. The highest BCUT2D eigenvalue weighted by molar-refractivity contribution is 7.11. The molecule has 0 aromatic carbocycles. The highest BCUT2D eigenvalue weighted by atomic mass is 32.1. The van der Waals surface area contributed by atoms with E-state index in [0.29, 0.717) is 5.69 Å². The minimum absolute atomic E-state index is 0.125. The maximum absolute atomic E-state index is 10.6. The van der Waals surface area contributed by atoms with E-state index >= 15 is 0 Å². The van der Waals surface area contributed by atoms with Gasteiger partial charge in [0, 0.05) is 6.92 Å². The first kappa shape index (κ1) is 9.59. The smallest absolute Gasteiger partial charge is 0.311 e. The Balaban J connectivity index is 3.07. The van der Waals surface area contributed by atoms with Crippen LogP contribution in [-0.4, -0.2) is 15.2 Å². The fraction of sp³-hybridized carbons (Fsp3) is 0.333. The van der Waals surface area contributed by atoms with Gasteiger partial charge in [-0.15, -0.1) is 0 Å². The van der Waals surface area contributed by atoms with Crippen LogP contribution in [-0.2, 0) is 4.79 Å². The molecule has 0 fully saturated rings. The van der Waals surface area contributed by atoms with Crippen LogP contribution in [0.3, 0.4) is 0 Å². The fourth-order valence-corrected chi connectivity index (χ4v) is 1.63. The van der Waals surface area contributed by atoms with Crippen molar-refractivity contribution in [3.05, 3.63) is 15.8 Å². The predicted octanol–water partition coefficient (Wildman–Crippen LogP) is 1.32. The second-order valence-corrected chi connectivity index (χ2v) is 3.16. The number of carbonyl (C=O) groups excluding carboxylic acids is 1. The molecule has 0 unspecified atom stereocenters. The van der Waals surface area contributed by atoms with Crippen LogP contribution in [0.25, 0.3) is 0 Å². The van der Waals surface area contributed by atoms with Crippen LogP contribution in [0.2, 0.25) is 0 Å². The Morgan fingerprint density at radius 2 is 2.31 bits per heavy atom. The minimum Gasteiger partial charge on any atom is -0.311 e. The number of amides is 1. The number of nitrogens with zero attached hydrogens (tertiary/aromatic N) is 2. The zero-order valence-electron chi connectivity index (χ0n) is 7.03. The van der Waals surface area contributed by atoms with Crippen molar-refractivity contribution >= 4 is 28.1 Å². The van der Waals surface area contributed by atoms with Gasteiger partial charge in [0.1, 0.15) is 5.69 Å². The zero-order valence-corrected chi connectivity index (χ0v) is 7.84. The molecule has 1 amide bonds.